The first kappa shape index (κ1) is 13.2. The van der Waals surface area contributed by atoms with Gasteiger partial charge in [-0.2, -0.15) is 0 Å². The van der Waals surface area contributed by atoms with E-state index in [4.69, 9.17) is 4.74 Å². The van der Waals surface area contributed by atoms with E-state index in [2.05, 4.69) is 6.92 Å². The fraction of sp³-hybridized carbons (Fsp3) is 0.750. The Morgan fingerprint density at radius 1 is 1.14 bits per heavy atom. The highest BCUT2D eigenvalue weighted by Crippen LogP contribution is 2.05. The first-order valence-electron chi connectivity index (χ1n) is 5.64. The summed E-state index contributed by atoms with van der Waals surface area (Å²) in [6, 6.07) is 0. The molecule has 0 aromatic rings. The van der Waals surface area contributed by atoms with Crippen LogP contribution in [0.5, 0.6) is 0 Å². The van der Waals surface area contributed by atoms with Crippen molar-refractivity contribution < 1.29 is 9.53 Å². The van der Waals surface area contributed by atoms with Gasteiger partial charge in [0.1, 0.15) is 0 Å². The summed E-state index contributed by atoms with van der Waals surface area (Å²) in [6.45, 7) is 4.48. The van der Waals surface area contributed by atoms with Crippen LogP contribution in [0.1, 0.15) is 52.4 Å². The zero-order valence-corrected chi connectivity index (χ0v) is 9.42. The third-order valence-electron chi connectivity index (χ3n) is 2.01. The Labute approximate surface area is 87.3 Å². The summed E-state index contributed by atoms with van der Waals surface area (Å²) in [5, 5.41) is 0. The molecule has 0 rings (SSSR count). The van der Waals surface area contributed by atoms with E-state index in [1.807, 2.05) is 13.0 Å². The van der Waals surface area contributed by atoms with Gasteiger partial charge in [-0.1, -0.05) is 38.7 Å². The number of unbranched alkanes of at least 4 members (excludes halogenated alkanes) is 5. The molecule has 0 saturated heterocycles. The maximum absolute atomic E-state index is 10.9. The van der Waals surface area contributed by atoms with E-state index in [0.29, 0.717) is 6.61 Å². The molecule has 2 nitrogen and oxygen atoms in total. The lowest BCUT2D eigenvalue weighted by molar-refractivity contribution is -0.137. The van der Waals surface area contributed by atoms with Crippen molar-refractivity contribution in [3.8, 4) is 0 Å². The molecule has 0 fully saturated rings. The summed E-state index contributed by atoms with van der Waals surface area (Å²) < 4.78 is 4.76. The Kier molecular flexibility index (Phi) is 9.71. The molecular weight excluding hydrogens is 176 g/mol. The predicted octanol–water partition coefficient (Wildman–Crippen LogP) is 3.47. The van der Waals surface area contributed by atoms with Crippen LogP contribution in [0.3, 0.4) is 0 Å². The number of hydrogen-bond donors (Lipinski definition) is 0. The van der Waals surface area contributed by atoms with Gasteiger partial charge < -0.3 is 4.74 Å². The van der Waals surface area contributed by atoms with Crippen molar-refractivity contribution in [3.05, 3.63) is 12.2 Å². The van der Waals surface area contributed by atoms with Gasteiger partial charge in [0.15, 0.2) is 0 Å². The highest BCUT2D eigenvalue weighted by molar-refractivity contribution is 5.81. The molecule has 0 heterocycles. The van der Waals surface area contributed by atoms with E-state index in [1.54, 1.807) is 0 Å². The number of rotatable bonds is 8. The molecule has 0 spiro atoms. The Morgan fingerprint density at radius 3 is 2.50 bits per heavy atom. The molecule has 0 atom stereocenters. The van der Waals surface area contributed by atoms with Crippen molar-refractivity contribution in [1.29, 1.82) is 0 Å². The molecule has 0 bridgehead atoms. The maximum atomic E-state index is 10.9. The van der Waals surface area contributed by atoms with Gasteiger partial charge in [-0.15, -0.1) is 0 Å². The van der Waals surface area contributed by atoms with E-state index in [9.17, 15) is 4.79 Å². The lowest BCUT2D eigenvalue weighted by atomic mass is 10.1. The standard InChI is InChI=1S/C12H22O2/c1-3-5-6-7-8-9-10-11-12(13)14-4-2/h10-11H,3-9H2,1-2H3/b11-10-. The first-order chi connectivity index (χ1) is 6.81. The summed E-state index contributed by atoms with van der Waals surface area (Å²) in [7, 11) is 0. The largest absolute Gasteiger partial charge is 0.463 e. The second kappa shape index (κ2) is 10.3. The molecule has 2 heteroatoms. The Bertz CT molecular complexity index is 162. The molecule has 0 N–H and O–H groups in total. The van der Waals surface area contributed by atoms with Gasteiger partial charge in [-0.3, -0.25) is 0 Å². The smallest absolute Gasteiger partial charge is 0.330 e. The van der Waals surface area contributed by atoms with Crippen molar-refractivity contribution >= 4 is 5.97 Å². The number of carbonyl (C=O) groups is 1. The van der Waals surface area contributed by atoms with Crippen molar-refractivity contribution in [1.82, 2.24) is 0 Å². The quantitative estimate of drug-likeness (QED) is 0.339. The predicted molar refractivity (Wildman–Crippen MR) is 59.1 cm³/mol. The summed E-state index contributed by atoms with van der Waals surface area (Å²) in [6.07, 6.45) is 10.8. The van der Waals surface area contributed by atoms with Crippen LogP contribution in [0.25, 0.3) is 0 Å². The van der Waals surface area contributed by atoms with Crippen LogP contribution < -0.4 is 0 Å². The number of esters is 1. The van der Waals surface area contributed by atoms with Crippen molar-refractivity contribution in [2.24, 2.45) is 0 Å². The molecule has 82 valence electrons. The van der Waals surface area contributed by atoms with Crippen LogP contribution in [0.15, 0.2) is 12.2 Å². The van der Waals surface area contributed by atoms with Crippen LogP contribution in [-0.4, -0.2) is 12.6 Å². The summed E-state index contributed by atoms with van der Waals surface area (Å²) in [5.74, 6) is -0.221. The zero-order valence-electron chi connectivity index (χ0n) is 9.42. The molecule has 0 unspecified atom stereocenters. The van der Waals surface area contributed by atoms with Crippen LogP contribution in [0.2, 0.25) is 0 Å². The third-order valence-corrected chi connectivity index (χ3v) is 2.01. The number of ether oxygens (including phenoxy) is 1. The van der Waals surface area contributed by atoms with Crippen molar-refractivity contribution in [2.75, 3.05) is 6.61 Å². The fourth-order valence-electron chi connectivity index (χ4n) is 1.24. The summed E-state index contributed by atoms with van der Waals surface area (Å²) in [4.78, 5) is 10.9. The van der Waals surface area contributed by atoms with Gasteiger partial charge in [0.25, 0.3) is 0 Å². The minimum Gasteiger partial charge on any atom is -0.463 e. The Hall–Kier alpha value is -0.790. The average molecular weight is 198 g/mol. The topological polar surface area (TPSA) is 26.3 Å². The van der Waals surface area contributed by atoms with Gasteiger partial charge in [0.2, 0.25) is 0 Å². The lowest BCUT2D eigenvalue weighted by Gasteiger charge is -1.96. The van der Waals surface area contributed by atoms with E-state index >= 15 is 0 Å². The maximum Gasteiger partial charge on any atom is 0.330 e. The minimum atomic E-state index is -0.221. The van der Waals surface area contributed by atoms with Gasteiger partial charge in [-0.05, 0) is 19.8 Å². The average Bonchev–Trinajstić information content (AvgIpc) is 2.17. The van der Waals surface area contributed by atoms with Crippen LogP contribution in [-0.2, 0) is 9.53 Å². The number of allylic oxidation sites excluding steroid dienone is 1. The normalized spacial score (nSPS) is 10.7. The van der Waals surface area contributed by atoms with Crippen molar-refractivity contribution in [2.45, 2.75) is 52.4 Å². The SMILES string of the molecule is CCCCCCC/C=C\C(=O)OCC. The van der Waals surface area contributed by atoms with Gasteiger partial charge in [0, 0.05) is 6.08 Å². The molecule has 0 aliphatic rings. The lowest BCUT2D eigenvalue weighted by Crippen LogP contribution is -1.98. The second-order valence-corrected chi connectivity index (χ2v) is 3.36. The van der Waals surface area contributed by atoms with E-state index in [0.717, 1.165) is 6.42 Å². The number of carbonyl (C=O) groups excluding carboxylic acids is 1. The molecule has 14 heavy (non-hydrogen) atoms. The van der Waals surface area contributed by atoms with Crippen LogP contribution >= 0.6 is 0 Å². The third kappa shape index (κ3) is 9.30. The molecule has 0 aromatic carbocycles. The van der Waals surface area contributed by atoms with E-state index in [-0.39, 0.29) is 5.97 Å². The zero-order chi connectivity index (χ0) is 10.6. The summed E-state index contributed by atoms with van der Waals surface area (Å²) in [5.41, 5.74) is 0. The highest BCUT2D eigenvalue weighted by Gasteiger charge is 1.92. The molecule has 0 saturated carbocycles. The molecule has 0 aliphatic heterocycles. The monoisotopic (exact) mass is 198 g/mol. The Balaban J connectivity index is 3.22. The van der Waals surface area contributed by atoms with E-state index < -0.39 is 0 Å². The molecular formula is C12H22O2. The first-order valence-corrected chi connectivity index (χ1v) is 5.64. The van der Waals surface area contributed by atoms with E-state index in [1.165, 1.54) is 38.2 Å². The summed E-state index contributed by atoms with van der Waals surface area (Å²) >= 11 is 0. The molecule has 0 amide bonds. The van der Waals surface area contributed by atoms with Crippen LogP contribution in [0.4, 0.5) is 0 Å². The van der Waals surface area contributed by atoms with Gasteiger partial charge in [-0.25, -0.2) is 4.79 Å². The minimum absolute atomic E-state index is 0.221. The van der Waals surface area contributed by atoms with Crippen LogP contribution in [0, 0.1) is 0 Å². The number of hydrogen-bond acceptors (Lipinski definition) is 2. The molecule has 0 aliphatic carbocycles. The fourth-order valence-corrected chi connectivity index (χ4v) is 1.24. The Morgan fingerprint density at radius 2 is 1.86 bits per heavy atom. The molecule has 0 aromatic heterocycles. The van der Waals surface area contributed by atoms with Gasteiger partial charge >= 0.3 is 5.97 Å². The molecule has 0 radical (unpaired) electrons. The second-order valence-electron chi connectivity index (χ2n) is 3.36. The van der Waals surface area contributed by atoms with Gasteiger partial charge in [0.05, 0.1) is 6.61 Å². The van der Waals surface area contributed by atoms with Crippen molar-refractivity contribution in [3.63, 3.8) is 0 Å². The highest BCUT2D eigenvalue weighted by atomic mass is 16.5.